The third-order valence-electron chi connectivity index (χ3n) is 4.54. The van der Waals surface area contributed by atoms with Crippen molar-refractivity contribution in [2.24, 2.45) is 5.92 Å². The van der Waals surface area contributed by atoms with Gasteiger partial charge in [-0.15, -0.1) is 0 Å². The van der Waals surface area contributed by atoms with Gasteiger partial charge < -0.3 is 4.57 Å². The van der Waals surface area contributed by atoms with Crippen molar-refractivity contribution in [3.63, 3.8) is 0 Å². The van der Waals surface area contributed by atoms with Crippen molar-refractivity contribution in [1.82, 2.24) is 4.57 Å². The van der Waals surface area contributed by atoms with Crippen LogP contribution in [-0.2, 0) is 19.1 Å². The Morgan fingerprint density at radius 1 is 1.15 bits per heavy atom. The van der Waals surface area contributed by atoms with E-state index in [1.807, 2.05) is 24.5 Å². The lowest BCUT2D eigenvalue weighted by Gasteiger charge is -2.16. The highest BCUT2D eigenvalue weighted by atomic mass is 35.5. The average Bonchev–Trinajstić information content (AvgIpc) is 2.88. The molecular weight excluding hydrogens is 394 g/mol. The molecule has 27 heavy (non-hydrogen) atoms. The summed E-state index contributed by atoms with van der Waals surface area (Å²) in [4.78, 5) is 0. The van der Waals surface area contributed by atoms with Gasteiger partial charge in [0.15, 0.2) is 0 Å². The maximum atomic E-state index is 13.3. The van der Waals surface area contributed by atoms with Crippen LogP contribution in [-0.4, -0.2) is 4.57 Å². The fourth-order valence-corrected chi connectivity index (χ4v) is 3.81. The summed E-state index contributed by atoms with van der Waals surface area (Å²) in [6.45, 7) is 6.38. The van der Waals surface area contributed by atoms with Gasteiger partial charge in [-0.3, -0.25) is 0 Å². The molecule has 0 unspecified atom stereocenters. The highest BCUT2D eigenvalue weighted by Gasteiger charge is 2.31. The number of hydrogen-bond acceptors (Lipinski definition) is 0. The van der Waals surface area contributed by atoms with Crippen molar-refractivity contribution in [2.75, 3.05) is 0 Å². The molecule has 0 saturated heterocycles. The van der Waals surface area contributed by atoms with Crippen LogP contribution in [0.4, 0.5) is 13.2 Å². The van der Waals surface area contributed by atoms with Gasteiger partial charge in [-0.2, -0.15) is 13.2 Å². The second kappa shape index (κ2) is 7.40. The van der Waals surface area contributed by atoms with E-state index in [2.05, 4.69) is 6.07 Å². The maximum absolute atomic E-state index is 13.3. The molecule has 2 aromatic carbocycles. The first kappa shape index (κ1) is 20.1. The van der Waals surface area contributed by atoms with Crippen LogP contribution >= 0.6 is 23.2 Å². The number of benzene rings is 2. The van der Waals surface area contributed by atoms with Crippen molar-refractivity contribution in [3.8, 4) is 0 Å². The van der Waals surface area contributed by atoms with Crippen LogP contribution in [0.25, 0.3) is 10.9 Å². The van der Waals surface area contributed by atoms with E-state index >= 15 is 0 Å². The number of aromatic nitrogens is 1. The molecule has 0 fully saturated rings. The van der Waals surface area contributed by atoms with Crippen LogP contribution in [0.5, 0.6) is 0 Å². The number of fused-ring (bicyclic) bond motifs is 1. The lowest BCUT2D eigenvalue weighted by Crippen LogP contribution is -2.10. The number of nitrogens with zero attached hydrogens (tertiary/aromatic N) is 1. The summed E-state index contributed by atoms with van der Waals surface area (Å²) in [6, 6.07) is 10.6. The quantitative estimate of drug-likeness (QED) is 0.422. The molecule has 3 rings (SSSR count). The van der Waals surface area contributed by atoms with Gasteiger partial charge in [0.1, 0.15) is 0 Å². The largest absolute Gasteiger partial charge is 0.416 e. The van der Waals surface area contributed by atoms with E-state index in [-0.39, 0.29) is 5.92 Å². The van der Waals surface area contributed by atoms with Crippen LogP contribution in [0.15, 0.2) is 30.3 Å². The molecule has 0 atom stereocenters. The van der Waals surface area contributed by atoms with E-state index in [0.29, 0.717) is 34.1 Å². The van der Waals surface area contributed by atoms with E-state index in [1.165, 1.54) is 12.1 Å². The monoisotopic (exact) mass is 412 g/mol. The zero-order valence-corrected chi connectivity index (χ0v) is 16.7. The minimum Gasteiger partial charge on any atom is -0.344 e. The van der Waals surface area contributed by atoms with Crippen molar-refractivity contribution in [2.45, 2.75) is 39.9 Å². The fourth-order valence-electron chi connectivity index (χ4n) is 3.30. The van der Waals surface area contributed by atoms with Crippen molar-refractivity contribution in [1.29, 1.82) is 0 Å². The van der Waals surface area contributed by atoms with Gasteiger partial charge in [0.2, 0.25) is 0 Å². The molecule has 0 aliphatic heterocycles. The predicted molar refractivity (Wildman–Crippen MR) is 105 cm³/mol. The molecule has 0 bridgehead atoms. The molecule has 6 heteroatoms. The summed E-state index contributed by atoms with van der Waals surface area (Å²) >= 11 is 12.5. The molecule has 0 N–H and O–H groups in total. The van der Waals surface area contributed by atoms with E-state index in [9.17, 15) is 13.2 Å². The topological polar surface area (TPSA) is 4.93 Å². The van der Waals surface area contributed by atoms with Gasteiger partial charge in [0.25, 0.3) is 0 Å². The zero-order chi connectivity index (χ0) is 19.9. The molecule has 1 aromatic heterocycles. The van der Waals surface area contributed by atoms with Gasteiger partial charge in [-0.25, -0.2) is 0 Å². The smallest absolute Gasteiger partial charge is 0.344 e. The van der Waals surface area contributed by atoms with Gasteiger partial charge in [0.05, 0.1) is 10.6 Å². The molecule has 1 heterocycles. The van der Waals surface area contributed by atoms with Crippen LogP contribution < -0.4 is 0 Å². The molecule has 0 aliphatic rings. The van der Waals surface area contributed by atoms with E-state index in [4.69, 9.17) is 23.2 Å². The second-order valence-electron chi connectivity index (χ2n) is 7.16. The van der Waals surface area contributed by atoms with Gasteiger partial charge in [0, 0.05) is 40.7 Å². The van der Waals surface area contributed by atoms with Crippen LogP contribution in [0.1, 0.15) is 36.2 Å². The Bertz CT molecular complexity index is 967. The van der Waals surface area contributed by atoms with E-state index < -0.39 is 11.7 Å². The van der Waals surface area contributed by atoms with Crippen molar-refractivity contribution < 1.29 is 13.2 Å². The Labute approximate surface area is 166 Å². The highest BCUT2D eigenvalue weighted by molar-refractivity contribution is 6.35. The summed E-state index contributed by atoms with van der Waals surface area (Å²) in [5, 5.41) is 1.76. The number of alkyl halides is 3. The third kappa shape index (κ3) is 4.12. The molecular formula is C21H19Cl2F3N. The molecule has 0 spiro atoms. The van der Waals surface area contributed by atoms with Gasteiger partial charge in [-0.05, 0) is 48.2 Å². The Kier molecular flexibility index (Phi) is 5.51. The predicted octanol–water partition coefficient (Wildman–Crippen LogP) is 7.32. The van der Waals surface area contributed by atoms with Crippen molar-refractivity contribution >= 4 is 34.1 Å². The summed E-state index contributed by atoms with van der Waals surface area (Å²) in [6.07, 6.45) is -3.95. The summed E-state index contributed by atoms with van der Waals surface area (Å²) in [7, 11) is 0. The zero-order valence-electron chi connectivity index (χ0n) is 15.2. The Balaban J connectivity index is 2.21. The normalized spacial score (nSPS) is 12.3. The summed E-state index contributed by atoms with van der Waals surface area (Å²) in [5.41, 5.74) is 2.15. The number of aryl methyl sites for hydroxylation is 1. The first-order valence-electron chi connectivity index (χ1n) is 8.62. The number of halogens is 5. The Morgan fingerprint density at radius 2 is 1.85 bits per heavy atom. The van der Waals surface area contributed by atoms with Gasteiger partial charge in [-0.1, -0.05) is 43.1 Å². The minimum absolute atomic E-state index is 0.266. The first-order chi connectivity index (χ1) is 12.6. The average molecular weight is 413 g/mol. The van der Waals surface area contributed by atoms with Gasteiger partial charge >= 0.3 is 6.18 Å². The third-order valence-corrected chi connectivity index (χ3v) is 5.23. The molecule has 0 saturated carbocycles. The Morgan fingerprint density at radius 3 is 2.44 bits per heavy atom. The first-order valence-corrected chi connectivity index (χ1v) is 9.38. The summed E-state index contributed by atoms with van der Waals surface area (Å²) in [5.74, 6) is 0.266. The minimum atomic E-state index is -4.38. The van der Waals surface area contributed by atoms with Crippen LogP contribution in [0.3, 0.4) is 0 Å². The number of rotatable bonds is 4. The van der Waals surface area contributed by atoms with Crippen LogP contribution in [0.2, 0.25) is 10.0 Å². The van der Waals surface area contributed by atoms with E-state index in [1.54, 1.807) is 19.1 Å². The molecule has 0 amide bonds. The molecule has 143 valence electrons. The van der Waals surface area contributed by atoms with Crippen molar-refractivity contribution in [3.05, 3.63) is 68.8 Å². The van der Waals surface area contributed by atoms with E-state index in [0.717, 1.165) is 16.6 Å². The lowest BCUT2D eigenvalue weighted by molar-refractivity contribution is -0.137. The molecule has 0 aliphatic carbocycles. The molecule has 1 nitrogen and oxygen atoms in total. The fraction of sp³-hybridized carbons (Fsp3) is 0.333. The van der Waals surface area contributed by atoms with Crippen LogP contribution in [0, 0.1) is 18.9 Å². The highest BCUT2D eigenvalue weighted by Crippen LogP contribution is 2.36. The maximum Gasteiger partial charge on any atom is 0.416 e. The summed E-state index contributed by atoms with van der Waals surface area (Å²) < 4.78 is 41.8. The standard InChI is InChI=1S/C21H19Cl2F3N/c1-12(2)11-27-15(10-17-18(22)5-4-6-19(17)23)9-16-13(3)7-14(8-20(16)27)21(24,25)26/h4-5,7-9,12H,10-11H2,1-3H3. The molecule has 3 aromatic rings. The SMILES string of the molecule is Cc1cc(C(F)(F)F)cc2c1cc(Cc1c(Cl)[c]ccc1Cl)n2CC(C)C. The Hall–Kier alpha value is -1.65. The molecule has 1 radical (unpaired) electrons. The second-order valence-corrected chi connectivity index (χ2v) is 7.94. The lowest BCUT2D eigenvalue weighted by atomic mass is 10.1. The number of hydrogen-bond donors (Lipinski definition) is 0.